The van der Waals surface area contributed by atoms with Gasteiger partial charge in [0.15, 0.2) is 22.3 Å². The number of benzene rings is 2. The van der Waals surface area contributed by atoms with Gasteiger partial charge in [-0.1, -0.05) is 35.4 Å². The Kier molecular flexibility index (Phi) is 10.2. The molecule has 4 aromatic heterocycles. The number of nitrogens with zero attached hydrogens (tertiary/aromatic N) is 8. The number of piperazine rings is 1. The average Bonchev–Trinajstić information content (AvgIpc) is 3.92. The number of hydrogen-bond acceptors (Lipinski definition) is 10. The van der Waals surface area contributed by atoms with Crippen LogP contribution in [0.5, 0.6) is 0 Å². The summed E-state index contributed by atoms with van der Waals surface area (Å²) in [6.07, 6.45) is -4.15. The Balaban J connectivity index is 1.27. The number of carbonyl (C=O) groups is 2. The van der Waals surface area contributed by atoms with Crippen LogP contribution >= 0.6 is 23.3 Å². The van der Waals surface area contributed by atoms with Crippen LogP contribution < -0.4 is 14.9 Å². The second-order valence-electron chi connectivity index (χ2n) is 14.0. The number of amides is 2. The lowest BCUT2D eigenvalue weighted by atomic mass is 9.94. The minimum atomic E-state index is -5.04. The Labute approximate surface area is 333 Å². The first-order valence-electron chi connectivity index (χ1n) is 17.9. The maximum Gasteiger partial charge on any atom is 0.435 e. The van der Waals surface area contributed by atoms with Gasteiger partial charge in [0.05, 0.1) is 22.0 Å². The van der Waals surface area contributed by atoms with E-state index < -0.39 is 72.0 Å². The van der Waals surface area contributed by atoms with Crippen molar-refractivity contribution in [1.82, 2.24) is 39.7 Å². The van der Waals surface area contributed by atoms with Crippen LogP contribution in [0.3, 0.4) is 0 Å². The monoisotopic (exact) mass is 846 g/mol. The minimum Gasteiger partial charge on any atom is -0.346 e. The van der Waals surface area contributed by atoms with Gasteiger partial charge in [-0.3, -0.25) is 19.0 Å². The van der Waals surface area contributed by atoms with E-state index in [2.05, 4.69) is 20.2 Å². The summed E-state index contributed by atoms with van der Waals surface area (Å²) >= 11 is 2.69. The molecule has 2 aromatic carbocycles. The largest absolute Gasteiger partial charge is 0.435 e. The van der Waals surface area contributed by atoms with Gasteiger partial charge in [-0.15, -0.1) is 0 Å². The standard InChI is InChI=1S/C37H33F7N10O2S2/c1-51-30-22(4-3-5-23(30)33(49-51)50-57-2)25-16-27-34(47-35(58-27)53-10-8-52(18-55)9-11-53)46-29(25)26(14-19-12-20(38)15-21(39)13-19)45-28(56)17-54-32-24(6-7-36(32,40)41)31(48-54)37(42,43)44/h3-5,12-13,15-16,18,26H,6-11,14,17H2,1-2H3,(H,45,56)(H,49,50). The number of thiazole rings is 1. The summed E-state index contributed by atoms with van der Waals surface area (Å²) in [7, 11) is 1.75. The molecule has 1 unspecified atom stereocenters. The lowest BCUT2D eigenvalue weighted by Gasteiger charge is -2.32. The van der Waals surface area contributed by atoms with Crippen LogP contribution in [0, 0.1) is 11.6 Å². The van der Waals surface area contributed by atoms with E-state index in [4.69, 9.17) is 9.97 Å². The van der Waals surface area contributed by atoms with E-state index in [1.165, 1.54) is 23.3 Å². The topological polar surface area (TPSA) is 126 Å². The molecule has 1 aliphatic carbocycles. The van der Waals surface area contributed by atoms with E-state index in [-0.39, 0.29) is 23.3 Å². The number of anilines is 2. The van der Waals surface area contributed by atoms with Gasteiger partial charge in [-0.2, -0.15) is 37.1 Å². The lowest BCUT2D eigenvalue weighted by molar-refractivity contribution is -0.142. The van der Waals surface area contributed by atoms with Crippen molar-refractivity contribution in [2.75, 3.05) is 42.1 Å². The number of hydrogen-bond donors (Lipinski definition) is 2. The van der Waals surface area contributed by atoms with Crippen LogP contribution in [0.15, 0.2) is 42.5 Å². The fourth-order valence-corrected chi connectivity index (χ4v) is 9.02. The smallest absolute Gasteiger partial charge is 0.346 e. The second-order valence-corrected chi connectivity index (χ2v) is 15.6. The van der Waals surface area contributed by atoms with Crippen molar-refractivity contribution < 1.29 is 40.3 Å². The van der Waals surface area contributed by atoms with Gasteiger partial charge in [0, 0.05) is 74.0 Å². The number of pyridine rings is 1. The zero-order valence-corrected chi connectivity index (χ0v) is 32.3. The summed E-state index contributed by atoms with van der Waals surface area (Å²) in [5.41, 5.74) is -0.879. The molecule has 2 aliphatic rings. The van der Waals surface area contributed by atoms with Gasteiger partial charge in [0.25, 0.3) is 5.92 Å². The van der Waals surface area contributed by atoms with Crippen molar-refractivity contribution in [3.63, 3.8) is 0 Å². The Hall–Kier alpha value is -5.44. The SMILES string of the molecule is CSNc1nn(C)c2c(-c3cc4sc(N5CCN(C=O)CC5)nc4nc3C(Cc3cc(F)cc(F)c3)NC(=O)Cn3nc(C(F)(F)F)c4c3C(F)(F)CC4)cccc12. The summed E-state index contributed by atoms with van der Waals surface area (Å²) in [5.74, 6) is -5.90. The zero-order chi connectivity index (χ0) is 41.1. The Morgan fingerprint density at radius 2 is 1.78 bits per heavy atom. The molecular weight excluding hydrogens is 814 g/mol. The Morgan fingerprint density at radius 1 is 1.03 bits per heavy atom. The van der Waals surface area contributed by atoms with Gasteiger partial charge < -0.3 is 19.8 Å². The zero-order valence-electron chi connectivity index (χ0n) is 30.7. The van der Waals surface area contributed by atoms with E-state index in [1.54, 1.807) is 22.7 Å². The minimum absolute atomic E-state index is 0.0960. The van der Waals surface area contributed by atoms with Gasteiger partial charge >= 0.3 is 6.18 Å². The van der Waals surface area contributed by atoms with Crippen molar-refractivity contribution in [1.29, 1.82) is 0 Å². The molecule has 12 nitrogen and oxygen atoms in total. The quantitative estimate of drug-likeness (QED) is 0.0819. The summed E-state index contributed by atoms with van der Waals surface area (Å²) in [4.78, 5) is 38.7. The summed E-state index contributed by atoms with van der Waals surface area (Å²) in [5, 5.41) is 12.2. The number of halogens is 7. The molecular formula is C37H33F7N10O2S2. The number of aromatic nitrogens is 6. The van der Waals surface area contributed by atoms with E-state index in [1.807, 2.05) is 29.4 Å². The number of fused-ring (bicyclic) bond motifs is 3. The third-order valence-corrected chi connectivity index (χ3v) is 11.6. The van der Waals surface area contributed by atoms with E-state index >= 15 is 8.78 Å². The molecule has 0 bridgehead atoms. The molecule has 21 heteroatoms. The summed E-state index contributed by atoms with van der Waals surface area (Å²) < 4.78 is 107. The molecule has 0 saturated carbocycles. The summed E-state index contributed by atoms with van der Waals surface area (Å²) in [6.45, 7) is 0.953. The highest BCUT2D eigenvalue weighted by molar-refractivity contribution is 7.99. The van der Waals surface area contributed by atoms with Crippen molar-refractivity contribution in [2.45, 2.75) is 43.9 Å². The van der Waals surface area contributed by atoms with E-state index in [0.717, 1.165) is 23.9 Å². The molecule has 0 radical (unpaired) electrons. The molecule has 1 atom stereocenters. The maximum absolute atomic E-state index is 15.0. The molecule has 304 valence electrons. The van der Waals surface area contributed by atoms with Crippen molar-refractivity contribution in [3.8, 4) is 11.1 Å². The number of rotatable bonds is 11. The summed E-state index contributed by atoms with van der Waals surface area (Å²) in [6, 6.07) is 8.88. The number of nitrogens with one attached hydrogen (secondary N) is 2. The van der Waals surface area contributed by atoms with Crippen LogP contribution in [0.2, 0.25) is 0 Å². The number of carbonyl (C=O) groups excluding carboxylic acids is 2. The van der Waals surface area contributed by atoms with Gasteiger partial charge in [-0.25, -0.2) is 13.8 Å². The first-order chi connectivity index (χ1) is 27.6. The average molecular weight is 847 g/mol. The molecule has 0 spiro atoms. The maximum atomic E-state index is 15.0. The molecule has 2 N–H and O–H groups in total. The molecule has 58 heavy (non-hydrogen) atoms. The highest BCUT2D eigenvalue weighted by Crippen LogP contribution is 2.47. The van der Waals surface area contributed by atoms with Gasteiger partial charge in [0.1, 0.15) is 23.9 Å². The third-order valence-electron chi connectivity index (χ3n) is 10.2. The number of alkyl halides is 5. The fourth-order valence-electron chi connectivity index (χ4n) is 7.67. The molecule has 1 aliphatic heterocycles. The molecule has 8 rings (SSSR count). The predicted octanol–water partition coefficient (Wildman–Crippen LogP) is 6.85. The van der Waals surface area contributed by atoms with Crippen LogP contribution in [-0.2, 0) is 48.1 Å². The third kappa shape index (κ3) is 7.40. The van der Waals surface area contributed by atoms with Crippen LogP contribution in [0.4, 0.5) is 41.7 Å². The Morgan fingerprint density at radius 3 is 2.47 bits per heavy atom. The molecule has 1 fully saturated rings. The first-order valence-corrected chi connectivity index (χ1v) is 20.0. The molecule has 5 heterocycles. The predicted molar refractivity (Wildman–Crippen MR) is 205 cm³/mol. The fraction of sp³-hybridized carbons (Fsp3) is 0.351. The van der Waals surface area contributed by atoms with Crippen molar-refractivity contribution >= 4 is 67.8 Å². The normalized spacial score (nSPS) is 15.9. The highest BCUT2D eigenvalue weighted by atomic mass is 32.2. The number of aryl methyl sites for hydroxylation is 1. The van der Waals surface area contributed by atoms with Crippen LogP contribution in [0.1, 0.15) is 40.7 Å². The van der Waals surface area contributed by atoms with Gasteiger partial charge in [-0.05, 0) is 42.7 Å². The highest BCUT2D eigenvalue weighted by Gasteiger charge is 2.50. The van der Waals surface area contributed by atoms with Crippen LogP contribution in [0.25, 0.3) is 32.4 Å². The van der Waals surface area contributed by atoms with Gasteiger partial charge in [0.2, 0.25) is 12.3 Å². The number of para-hydroxylation sites is 1. The molecule has 2 amide bonds. The van der Waals surface area contributed by atoms with E-state index in [9.17, 15) is 31.5 Å². The van der Waals surface area contributed by atoms with Crippen molar-refractivity contribution in [3.05, 3.63) is 82.3 Å². The van der Waals surface area contributed by atoms with Crippen molar-refractivity contribution in [2.24, 2.45) is 7.05 Å². The second kappa shape index (κ2) is 15.1. The van der Waals surface area contributed by atoms with Crippen LogP contribution in [-0.4, -0.2) is 79.2 Å². The molecule has 6 aromatic rings. The molecule has 1 saturated heterocycles. The Bertz CT molecular complexity index is 2540. The lowest BCUT2D eigenvalue weighted by Crippen LogP contribution is -2.45. The van der Waals surface area contributed by atoms with E-state index in [0.29, 0.717) is 69.2 Å². The first kappa shape index (κ1) is 39.4.